The number of hydrogen-bond acceptors (Lipinski definition) is 3. The monoisotopic (exact) mass is 280 g/mol. The minimum Gasteiger partial charge on any atom is -0.381 e. The molecule has 116 valence electrons. The van der Waals surface area contributed by atoms with Gasteiger partial charge in [-0.2, -0.15) is 0 Å². The van der Waals surface area contributed by atoms with E-state index in [9.17, 15) is 0 Å². The van der Waals surface area contributed by atoms with Crippen molar-refractivity contribution >= 4 is 0 Å². The zero-order chi connectivity index (χ0) is 14.0. The summed E-state index contributed by atoms with van der Waals surface area (Å²) in [5.41, 5.74) is 0.455. The van der Waals surface area contributed by atoms with E-state index in [1.165, 1.54) is 58.2 Å². The zero-order valence-electron chi connectivity index (χ0n) is 13.4. The lowest BCUT2D eigenvalue weighted by Crippen LogP contribution is -2.65. The maximum atomic E-state index is 5.53. The Bertz CT molecular complexity index is 306. The third-order valence-electron chi connectivity index (χ3n) is 5.82. The Morgan fingerprint density at radius 2 is 1.90 bits per heavy atom. The fourth-order valence-corrected chi connectivity index (χ4v) is 4.52. The molecule has 0 aromatic rings. The lowest BCUT2D eigenvalue weighted by atomic mass is 9.87. The molecule has 2 saturated heterocycles. The van der Waals surface area contributed by atoms with Gasteiger partial charge in [-0.3, -0.25) is 4.90 Å². The summed E-state index contributed by atoms with van der Waals surface area (Å²) in [6.07, 6.45) is 8.16. The SMILES string of the molecule is CC(C)C1CNC2(CCCC2)CN1CC1CCOCC1. The molecule has 3 aliphatic rings. The van der Waals surface area contributed by atoms with E-state index in [2.05, 4.69) is 24.1 Å². The topological polar surface area (TPSA) is 24.5 Å². The third kappa shape index (κ3) is 3.20. The fourth-order valence-electron chi connectivity index (χ4n) is 4.52. The van der Waals surface area contributed by atoms with E-state index in [1.807, 2.05) is 0 Å². The maximum absolute atomic E-state index is 5.53. The Labute approximate surface area is 124 Å². The summed E-state index contributed by atoms with van der Waals surface area (Å²) >= 11 is 0. The first-order chi connectivity index (χ1) is 9.69. The first-order valence-electron chi connectivity index (χ1n) is 8.75. The second kappa shape index (κ2) is 6.33. The summed E-state index contributed by atoms with van der Waals surface area (Å²) in [5, 5.41) is 3.93. The number of piperazine rings is 1. The molecule has 1 N–H and O–H groups in total. The Kier molecular flexibility index (Phi) is 4.68. The summed E-state index contributed by atoms with van der Waals surface area (Å²) in [4.78, 5) is 2.84. The van der Waals surface area contributed by atoms with Gasteiger partial charge in [0.1, 0.15) is 0 Å². The Balaban J connectivity index is 1.65. The number of nitrogens with zero attached hydrogens (tertiary/aromatic N) is 1. The summed E-state index contributed by atoms with van der Waals surface area (Å²) in [7, 11) is 0. The van der Waals surface area contributed by atoms with Gasteiger partial charge in [-0.15, -0.1) is 0 Å². The summed E-state index contributed by atoms with van der Waals surface area (Å²) < 4.78 is 5.53. The van der Waals surface area contributed by atoms with Crippen LogP contribution in [0, 0.1) is 11.8 Å². The molecule has 1 unspecified atom stereocenters. The molecule has 1 aliphatic carbocycles. The lowest BCUT2D eigenvalue weighted by molar-refractivity contribution is 0.0116. The molecule has 1 saturated carbocycles. The van der Waals surface area contributed by atoms with Crippen molar-refractivity contribution in [1.29, 1.82) is 0 Å². The van der Waals surface area contributed by atoms with Gasteiger partial charge in [0.15, 0.2) is 0 Å². The fraction of sp³-hybridized carbons (Fsp3) is 1.00. The second-order valence-corrected chi connectivity index (χ2v) is 7.66. The van der Waals surface area contributed by atoms with Gasteiger partial charge in [-0.05, 0) is 37.5 Å². The molecule has 0 radical (unpaired) electrons. The molecule has 3 fully saturated rings. The molecule has 0 aromatic heterocycles. The van der Waals surface area contributed by atoms with Crippen molar-refractivity contribution in [3.05, 3.63) is 0 Å². The van der Waals surface area contributed by atoms with Gasteiger partial charge < -0.3 is 10.1 Å². The standard InChI is InChI=1S/C17H32N2O/c1-14(2)16-11-18-17(7-3-4-8-17)13-19(16)12-15-5-9-20-10-6-15/h14-16,18H,3-13H2,1-2H3. The Morgan fingerprint density at radius 3 is 2.55 bits per heavy atom. The van der Waals surface area contributed by atoms with Gasteiger partial charge in [0.2, 0.25) is 0 Å². The van der Waals surface area contributed by atoms with Gasteiger partial charge in [0.25, 0.3) is 0 Å². The average molecular weight is 280 g/mol. The quantitative estimate of drug-likeness (QED) is 0.860. The number of ether oxygens (including phenoxy) is 1. The van der Waals surface area contributed by atoms with Crippen molar-refractivity contribution in [2.75, 3.05) is 32.8 Å². The van der Waals surface area contributed by atoms with Crippen LogP contribution in [0.5, 0.6) is 0 Å². The molecular formula is C17H32N2O. The van der Waals surface area contributed by atoms with E-state index in [-0.39, 0.29) is 0 Å². The number of nitrogens with one attached hydrogen (secondary N) is 1. The van der Waals surface area contributed by atoms with Crippen LogP contribution in [0.3, 0.4) is 0 Å². The van der Waals surface area contributed by atoms with Crippen LogP contribution in [-0.4, -0.2) is 49.3 Å². The highest BCUT2D eigenvalue weighted by molar-refractivity contribution is 5.01. The van der Waals surface area contributed by atoms with Crippen LogP contribution in [0.25, 0.3) is 0 Å². The molecule has 3 nitrogen and oxygen atoms in total. The normalized spacial score (nSPS) is 32.2. The molecule has 2 heterocycles. The van der Waals surface area contributed by atoms with Gasteiger partial charge in [0.05, 0.1) is 0 Å². The molecule has 1 atom stereocenters. The van der Waals surface area contributed by atoms with Gasteiger partial charge in [-0.1, -0.05) is 26.7 Å². The Morgan fingerprint density at radius 1 is 1.20 bits per heavy atom. The molecule has 3 rings (SSSR count). The molecule has 1 spiro atoms. The minimum absolute atomic E-state index is 0.455. The lowest BCUT2D eigenvalue weighted by Gasteiger charge is -2.49. The molecule has 3 heteroatoms. The van der Waals surface area contributed by atoms with Crippen molar-refractivity contribution in [3.63, 3.8) is 0 Å². The molecule has 0 aromatic carbocycles. The van der Waals surface area contributed by atoms with Crippen LogP contribution >= 0.6 is 0 Å². The largest absolute Gasteiger partial charge is 0.381 e. The summed E-state index contributed by atoms with van der Waals surface area (Å²) in [5.74, 6) is 1.61. The molecule has 0 amide bonds. The zero-order valence-corrected chi connectivity index (χ0v) is 13.4. The van der Waals surface area contributed by atoms with E-state index in [1.54, 1.807) is 0 Å². The number of rotatable bonds is 3. The molecule has 20 heavy (non-hydrogen) atoms. The van der Waals surface area contributed by atoms with Crippen molar-refractivity contribution in [2.24, 2.45) is 11.8 Å². The van der Waals surface area contributed by atoms with Crippen LogP contribution in [0.15, 0.2) is 0 Å². The van der Waals surface area contributed by atoms with Crippen LogP contribution in [-0.2, 0) is 4.74 Å². The molecule has 2 aliphatic heterocycles. The highest BCUT2D eigenvalue weighted by Gasteiger charge is 2.42. The molecular weight excluding hydrogens is 248 g/mol. The van der Waals surface area contributed by atoms with Crippen molar-refractivity contribution in [3.8, 4) is 0 Å². The van der Waals surface area contributed by atoms with Gasteiger partial charge >= 0.3 is 0 Å². The predicted octanol–water partition coefficient (Wildman–Crippen LogP) is 2.66. The minimum atomic E-state index is 0.455. The van der Waals surface area contributed by atoms with E-state index < -0.39 is 0 Å². The van der Waals surface area contributed by atoms with Crippen molar-refractivity contribution in [1.82, 2.24) is 10.2 Å². The number of hydrogen-bond donors (Lipinski definition) is 1. The first kappa shape index (κ1) is 14.8. The highest BCUT2D eigenvalue weighted by atomic mass is 16.5. The average Bonchev–Trinajstić information content (AvgIpc) is 2.88. The maximum Gasteiger partial charge on any atom is 0.0469 e. The van der Waals surface area contributed by atoms with Gasteiger partial charge in [-0.25, -0.2) is 0 Å². The van der Waals surface area contributed by atoms with Crippen LogP contribution in [0.1, 0.15) is 52.4 Å². The van der Waals surface area contributed by atoms with E-state index in [0.717, 1.165) is 31.1 Å². The van der Waals surface area contributed by atoms with E-state index in [0.29, 0.717) is 5.54 Å². The molecule has 0 bridgehead atoms. The van der Waals surface area contributed by atoms with Crippen LogP contribution < -0.4 is 5.32 Å². The van der Waals surface area contributed by atoms with Gasteiger partial charge in [0, 0.05) is 44.4 Å². The third-order valence-corrected chi connectivity index (χ3v) is 5.82. The predicted molar refractivity (Wildman–Crippen MR) is 82.9 cm³/mol. The summed E-state index contributed by atoms with van der Waals surface area (Å²) in [6, 6.07) is 0.726. The van der Waals surface area contributed by atoms with Crippen molar-refractivity contribution in [2.45, 2.75) is 64.0 Å². The summed E-state index contributed by atoms with van der Waals surface area (Å²) in [6.45, 7) is 10.5. The smallest absolute Gasteiger partial charge is 0.0469 e. The van der Waals surface area contributed by atoms with E-state index in [4.69, 9.17) is 4.74 Å². The van der Waals surface area contributed by atoms with Crippen LogP contribution in [0.4, 0.5) is 0 Å². The Hall–Kier alpha value is -0.120. The second-order valence-electron chi connectivity index (χ2n) is 7.66. The highest BCUT2D eigenvalue weighted by Crippen LogP contribution is 2.35. The first-order valence-corrected chi connectivity index (χ1v) is 8.75. The van der Waals surface area contributed by atoms with Crippen LogP contribution in [0.2, 0.25) is 0 Å². The van der Waals surface area contributed by atoms with Crippen molar-refractivity contribution < 1.29 is 4.74 Å². The van der Waals surface area contributed by atoms with E-state index >= 15 is 0 Å².